The monoisotopic (exact) mass is 552 g/mol. The number of halogens is 2. The van der Waals surface area contributed by atoms with Crippen LogP contribution in [-0.2, 0) is 6.42 Å². The normalized spacial score (nSPS) is 11.8. The highest BCUT2D eigenvalue weighted by Gasteiger charge is 2.33. The summed E-state index contributed by atoms with van der Waals surface area (Å²) in [5.74, 6) is 0.337. The molecule has 0 aliphatic rings. The lowest BCUT2D eigenvalue weighted by atomic mass is 9.91. The summed E-state index contributed by atoms with van der Waals surface area (Å²) in [6.07, 6.45) is 1.02. The van der Waals surface area contributed by atoms with Gasteiger partial charge in [-0.05, 0) is 55.6 Å². The maximum Gasteiger partial charge on any atom is 0.254 e. The van der Waals surface area contributed by atoms with E-state index in [-0.39, 0.29) is 29.7 Å². The van der Waals surface area contributed by atoms with E-state index in [4.69, 9.17) is 21.8 Å². The molecule has 0 bridgehead atoms. The minimum Gasteiger partial charge on any atom is -0.458 e. The average Bonchev–Trinajstić information content (AvgIpc) is 2.88. The van der Waals surface area contributed by atoms with Gasteiger partial charge in [-0.2, -0.15) is 0 Å². The molecule has 1 atom stereocenters. The molecule has 200 valence electrons. The summed E-state index contributed by atoms with van der Waals surface area (Å²) in [7, 11) is 0. The van der Waals surface area contributed by atoms with Gasteiger partial charge in [-0.15, -0.1) is 12.4 Å². The van der Waals surface area contributed by atoms with Crippen molar-refractivity contribution in [2.24, 2.45) is 11.7 Å². The van der Waals surface area contributed by atoms with Crippen LogP contribution in [0.25, 0.3) is 11.0 Å². The van der Waals surface area contributed by atoms with E-state index in [0.29, 0.717) is 58.8 Å². The van der Waals surface area contributed by atoms with Gasteiger partial charge in [0.2, 0.25) is 0 Å². The fraction of sp³-hybridized carbons (Fsp3) is 0.290. The van der Waals surface area contributed by atoms with E-state index in [0.717, 1.165) is 11.1 Å². The topological polar surface area (TPSA) is 76.5 Å². The van der Waals surface area contributed by atoms with E-state index in [1.165, 1.54) is 0 Å². The van der Waals surface area contributed by atoms with E-state index in [2.05, 4.69) is 0 Å². The van der Waals surface area contributed by atoms with Gasteiger partial charge in [0.15, 0.2) is 5.43 Å². The van der Waals surface area contributed by atoms with Gasteiger partial charge in [0, 0.05) is 35.2 Å². The minimum absolute atomic E-state index is 0. The van der Waals surface area contributed by atoms with Gasteiger partial charge in [-0.25, -0.2) is 0 Å². The number of carbonyl (C=O) groups is 1. The molecule has 2 N–H and O–H groups in total. The first-order chi connectivity index (χ1) is 17.8. The number of aryl methyl sites for hydroxylation is 1. The SMILES string of the molecule is Cc1ccc(C(=O)N(CCCN)[C@H](c2oc3cc(Cl)ccc3c(=O)c2Cc2ccccc2)C(C)C)cc1.Cl. The summed E-state index contributed by atoms with van der Waals surface area (Å²) in [6, 6.07) is 21.9. The molecule has 38 heavy (non-hydrogen) atoms. The molecule has 4 aromatic rings. The zero-order valence-corrected chi connectivity index (χ0v) is 23.5. The lowest BCUT2D eigenvalue weighted by molar-refractivity contribution is 0.0587. The first-order valence-electron chi connectivity index (χ1n) is 12.7. The molecule has 0 saturated heterocycles. The van der Waals surface area contributed by atoms with Crippen LogP contribution in [0.4, 0.5) is 0 Å². The molecule has 4 rings (SSSR count). The highest BCUT2D eigenvalue weighted by atomic mass is 35.5. The van der Waals surface area contributed by atoms with Gasteiger partial charge >= 0.3 is 0 Å². The summed E-state index contributed by atoms with van der Waals surface area (Å²) in [5, 5.41) is 0.953. The second kappa shape index (κ2) is 13.1. The van der Waals surface area contributed by atoms with Crippen LogP contribution in [0.3, 0.4) is 0 Å². The van der Waals surface area contributed by atoms with E-state index >= 15 is 0 Å². The van der Waals surface area contributed by atoms with Crippen molar-refractivity contribution < 1.29 is 9.21 Å². The van der Waals surface area contributed by atoms with Crippen LogP contribution in [0.5, 0.6) is 0 Å². The Kier molecular flexibility index (Phi) is 10.1. The minimum atomic E-state index is -0.477. The third-order valence-corrected chi connectivity index (χ3v) is 6.84. The van der Waals surface area contributed by atoms with E-state index in [9.17, 15) is 9.59 Å². The van der Waals surface area contributed by atoms with Gasteiger partial charge < -0.3 is 15.1 Å². The van der Waals surface area contributed by atoms with Crippen LogP contribution in [-0.4, -0.2) is 23.9 Å². The zero-order valence-electron chi connectivity index (χ0n) is 21.9. The quantitative estimate of drug-likeness (QED) is 0.243. The third-order valence-electron chi connectivity index (χ3n) is 6.60. The number of carbonyl (C=O) groups excluding carboxylic acids is 1. The maximum atomic E-state index is 13.9. The summed E-state index contributed by atoms with van der Waals surface area (Å²) in [6.45, 7) is 6.95. The molecule has 0 saturated carbocycles. The van der Waals surface area contributed by atoms with Crippen LogP contribution in [0.2, 0.25) is 5.02 Å². The number of nitrogens with two attached hydrogens (primary N) is 1. The Morgan fingerprint density at radius 1 is 1.03 bits per heavy atom. The smallest absolute Gasteiger partial charge is 0.254 e. The predicted octanol–water partition coefficient (Wildman–Crippen LogP) is 6.96. The van der Waals surface area contributed by atoms with Gasteiger partial charge in [0.05, 0.1) is 11.4 Å². The summed E-state index contributed by atoms with van der Waals surface area (Å²) in [4.78, 5) is 29.6. The van der Waals surface area contributed by atoms with Crippen molar-refractivity contribution >= 4 is 40.9 Å². The number of benzene rings is 3. The van der Waals surface area contributed by atoms with Gasteiger partial charge in [0.25, 0.3) is 5.91 Å². The Morgan fingerprint density at radius 2 is 1.71 bits per heavy atom. The second-order valence-electron chi connectivity index (χ2n) is 9.77. The number of nitrogens with zero attached hydrogens (tertiary/aromatic N) is 1. The molecule has 0 fully saturated rings. The molecule has 0 spiro atoms. The molecule has 3 aromatic carbocycles. The van der Waals surface area contributed by atoms with Crippen molar-refractivity contribution in [3.8, 4) is 0 Å². The van der Waals surface area contributed by atoms with E-state index in [1.54, 1.807) is 18.2 Å². The highest BCUT2D eigenvalue weighted by Crippen LogP contribution is 2.35. The van der Waals surface area contributed by atoms with Gasteiger partial charge in [-0.1, -0.05) is 73.5 Å². The fourth-order valence-electron chi connectivity index (χ4n) is 4.72. The average molecular weight is 554 g/mol. The molecular formula is C31H34Cl2N2O3. The number of hydrogen-bond acceptors (Lipinski definition) is 4. The van der Waals surface area contributed by atoms with Crippen LogP contribution in [0.15, 0.2) is 82.0 Å². The Bertz CT molecular complexity index is 1430. The highest BCUT2D eigenvalue weighted by molar-refractivity contribution is 6.31. The van der Waals surface area contributed by atoms with Crippen molar-refractivity contribution in [2.45, 2.75) is 39.7 Å². The Labute approximate surface area is 235 Å². The number of amides is 1. The first-order valence-corrected chi connectivity index (χ1v) is 13.0. The fourth-order valence-corrected chi connectivity index (χ4v) is 4.89. The second-order valence-corrected chi connectivity index (χ2v) is 10.2. The summed E-state index contributed by atoms with van der Waals surface area (Å²) < 4.78 is 6.51. The molecule has 0 aliphatic carbocycles. The van der Waals surface area contributed by atoms with Crippen molar-refractivity contribution in [1.82, 2.24) is 4.90 Å². The summed E-state index contributed by atoms with van der Waals surface area (Å²) >= 11 is 6.27. The van der Waals surface area contributed by atoms with Gasteiger partial charge in [0.1, 0.15) is 11.3 Å². The Morgan fingerprint density at radius 3 is 2.34 bits per heavy atom. The standard InChI is InChI=1S/C31H33ClN2O3.ClH/c1-20(2)28(34(17-7-16-33)31(36)23-12-10-21(3)11-13-23)30-26(18-22-8-5-4-6-9-22)29(35)25-15-14-24(32)19-27(25)37-30;/h4-6,8-15,19-20,28H,7,16-18,33H2,1-3H3;1H/t28-;/m0./s1. The third kappa shape index (κ3) is 6.47. The molecule has 0 unspecified atom stereocenters. The predicted molar refractivity (Wildman–Crippen MR) is 157 cm³/mol. The van der Waals surface area contributed by atoms with Crippen LogP contribution < -0.4 is 11.2 Å². The molecule has 0 radical (unpaired) electrons. The van der Waals surface area contributed by atoms with E-state index in [1.807, 2.05) is 80.3 Å². The Hall–Kier alpha value is -3.12. The number of fused-ring (bicyclic) bond motifs is 1. The molecule has 7 heteroatoms. The van der Waals surface area contributed by atoms with Crippen LogP contribution in [0, 0.1) is 12.8 Å². The summed E-state index contributed by atoms with van der Waals surface area (Å²) in [5.41, 5.74) is 9.38. The van der Waals surface area contributed by atoms with Crippen molar-refractivity contribution in [1.29, 1.82) is 0 Å². The van der Waals surface area contributed by atoms with Crippen molar-refractivity contribution in [3.05, 3.63) is 116 Å². The maximum absolute atomic E-state index is 13.9. The Balaban J connectivity index is 0.00000400. The molecule has 1 aromatic heterocycles. The van der Waals surface area contributed by atoms with Crippen LogP contribution >= 0.6 is 24.0 Å². The number of hydrogen-bond donors (Lipinski definition) is 1. The number of rotatable bonds is 9. The molecule has 1 heterocycles. The van der Waals surface area contributed by atoms with Gasteiger partial charge in [-0.3, -0.25) is 9.59 Å². The zero-order chi connectivity index (χ0) is 26.5. The van der Waals surface area contributed by atoms with E-state index < -0.39 is 6.04 Å². The molecular weight excluding hydrogens is 519 g/mol. The lowest BCUT2D eigenvalue weighted by Gasteiger charge is -2.35. The van der Waals surface area contributed by atoms with Crippen molar-refractivity contribution in [3.63, 3.8) is 0 Å². The molecule has 1 amide bonds. The van der Waals surface area contributed by atoms with Crippen LogP contribution in [0.1, 0.15) is 59.1 Å². The lowest BCUT2D eigenvalue weighted by Crippen LogP contribution is -2.40. The molecule has 0 aliphatic heterocycles. The largest absolute Gasteiger partial charge is 0.458 e. The first kappa shape index (κ1) is 29.4. The molecule has 5 nitrogen and oxygen atoms in total. The van der Waals surface area contributed by atoms with Crippen molar-refractivity contribution in [2.75, 3.05) is 13.1 Å².